The van der Waals surface area contributed by atoms with E-state index in [1.807, 2.05) is 6.08 Å². The van der Waals surface area contributed by atoms with Gasteiger partial charge in [0.1, 0.15) is 6.29 Å². The number of rotatable bonds is 5. The zero-order valence-electron chi connectivity index (χ0n) is 14.5. The maximum atomic E-state index is 11.8. The van der Waals surface area contributed by atoms with Crippen LogP contribution in [-0.2, 0) is 4.79 Å². The number of aldehydes is 1. The SMILES string of the molecule is C=C1CC[C@@H]2[C@](C)(CCC[C@@]2(C)C=O)[C@H]1CC/C(C)=C/CO. The Labute approximate surface area is 135 Å². The van der Waals surface area contributed by atoms with Crippen molar-refractivity contribution in [2.45, 2.75) is 65.7 Å². The molecule has 0 saturated heterocycles. The number of aliphatic hydroxyl groups is 1. The van der Waals surface area contributed by atoms with E-state index in [-0.39, 0.29) is 17.4 Å². The van der Waals surface area contributed by atoms with Crippen LogP contribution in [0.15, 0.2) is 23.8 Å². The Morgan fingerprint density at radius 2 is 2.14 bits per heavy atom. The second-order valence-electron chi connectivity index (χ2n) is 8.06. The van der Waals surface area contributed by atoms with Crippen LogP contribution < -0.4 is 0 Å². The number of fused-ring (bicyclic) bond motifs is 1. The van der Waals surface area contributed by atoms with Gasteiger partial charge in [0, 0.05) is 5.41 Å². The minimum Gasteiger partial charge on any atom is -0.392 e. The Hall–Kier alpha value is -0.890. The van der Waals surface area contributed by atoms with E-state index in [1.165, 1.54) is 23.9 Å². The van der Waals surface area contributed by atoms with Crippen molar-refractivity contribution < 1.29 is 9.90 Å². The largest absolute Gasteiger partial charge is 0.392 e. The molecule has 0 aromatic carbocycles. The molecular weight excluding hydrogens is 272 g/mol. The molecule has 0 bridgehead atoms. The van der Waals surface area contributed by atoms with Crippen LogP contribution in [0, 0.1) is 22.7 Å². The monoisotopic (exact) mass is 304 g/mol. The summed E-state index contributed by atoms with van der Waals surface area (Å²) in [5.41, 5.74) is 2.70. The van der Waals surface area contributed by atoms with Crippen molar-refractivity contribution in [3.8, 4) is 0 Å². The highest BCUT2D eigenvalue weighted by atomic mass is 16.2. The second-order valence-corrected chi connectivity index (χ2v) is 8.06. The van der Waals surface area contributed by atoms with Gasteiger partial charge in [0.2, 0.25) is 0 Å². The molecule has 2 nitrogen and oxygen atoms in total. The second kappa shape index (κ2) is 6.70. The van der Waals surface area contributed by atoms with Gasteiger partial charge in [0.15, 0.2) is 0 Å². The van der Waals surface area contributed by atoms with E-state index in [0.717, 1.165) is 38.5 Å². The molecule has 0 radical (unpaired) electrons. The molecule has 0 heterocycles. The third kappa shape index (κ3) is 3.08. The van der Waals surface area contributed by atoms with Crippen LogP contribution in [0.2, 0.25) is 0 Å². The molecule has 2 saturated carbocycles. The third-order valence-corrected chi connectivity index (χ3v) is 6.60. The molecule has 2 fully saturated rings. The molecule has 2 rings (SSSR count). The number of hydrogen-bond donors (Lipinski definition) is 1. The molecule has 0 unspecified atom stereocenters. The van der Waals surface area contributed by atoms with E-state index in [4.69, 9.17) is 5.11 Å². The maximum absolute atomic E-state index is 11.8. The predicted octanol–water partition coefficient (Wildman–Crippen LogP) is 4.68. The van der Waals surface area contributed by atoms with Crippen LogP contribution in [0.4, 0.5) is 0 Å². The average Bonchev–Trinajstić information content (AvgIpc) is 2.46. The number of allylic oxidation sites excluding steroid dienone is 2. The van der Waals surface area contributed by atoms with Gasteiger partial charge in [-0.25, -0.2) is 0 Å². The van der Waals surface area contributed by atoms with Gasteiger partial charge in [-0.3, -0.25) is 0 Å². The highest BCUT2D eigenvalue weighted by Gasteiger charge is 2.54. The van der Waals surface area contributed by atoms with Gasteiger partial charge < -0.3 is 9.90 Å². The molecule has 124 valence electrons. The Balaban J connectivity index is 2.22. The van der Waals surface area contributed by atoms with Crippen molar-refractivity contribution in [1.82, 2.24) is 0 Å². The quantitative estimate of drug-likeness (QED) is 0.591. The maximum Gasteiger partial charge on any atom is 0.126 e. The Morgan fingerprint density at radius 3 is 2.77 bits per heavy atom. The van der Waals surface area contributed by atoms with E-state index in [9.17, 15) is 4.79 Å². The van der Waals surface area contributed by atoms with Crippen molar-refractivity contribution in [3.63, 3.8) is 0 Å². The molecule has 0 amide bonds. The van der Waals surface area contributed by atoms with Crippen molar-refractivity contribution >= 4 is 6.29 Å². The van der Waals surface area contributed by atoms with E-state index < -0.39 is 0 Å². The standard InChI is InChI=1S/C20H32O2/c1-15(10-13-21)6-8-17-16(2)7-9-18-19(3,14-22)11-5-12-20(17,18)4/h10,14,17-18,21H,2,5-9,11-13H2,1,3-4H3/b15-10+/t17-,18-,19-,20+/m0/s1. The molecular formula is C20H32O2. The zero-order chi connectivity index (χ0) is 16.4. The first kappa shape index (κ1) is 17.5. The normalized spacial score (nSPS) is 39.5. The van der Waals surface area contributed by atoms with Crippen molar-refractivity contribution in [3.05, 3.63) is 23.8 Å². The van der Waals surface area contributed by atoms with E-state index >= 15 is 0 Å². The fourth-order valence-electron chi connectivity index (χ4n) is 5.30. The first-order chi connectivity index (χ1) is 10.4. The molecule has 0 aromatic rings. The minimum absolute atomic E-state index is 0.126. The van der Waals surface area contributed by atoms with Gasteiger partial charge in [0.05, 0.1) is 6.61 Å². The summed E-state index contributed by atoms with van der Waals surface area (Å²) in [6.07, 6.45) is 10.8. The van der Waals surface area contributed by atoms with Crippen molar-refractivity contribution in [2.75, 3.05) is 6.61 Å². The molecule has 0 aliphatic heterocycles. The summed E-state index contributed by atoms with van der Waals surface area (Å²) in [5.74, 6) is 0.997. The smallest absolute Gasteiger partial charge is 0.126 e. The third-order valence-electron chi connectivity index (χ3n) is 6.60. The zero-order valence-corrected chi connectivity index (χ0v) is 14.5. The number of aliphatic hydroxyl groups excluding tert-OH is 1. The van der Waals surface area contributed by atoms with E-state index in [0.29, 0.717) is 11.8 Å². The summed E-state index contributed by atoms with van der Waals surface area (Å²) >= 11 is 0. The van der Waals surface area contributed by atoms with E-state index in [2.05, 4.69) is 27.4 Å². The molecule has 4 atom stereocenters. The molecule has 1 N–H and O–H groups in total. The van der Waals surface area contributed by atoms with Crippen LogP contribution in [0.3, 0.4) is 0 Å². The van der Waals surface area contributed by atoms with Gasteiger partial charge in [-0.05, 0) is 62.7 Å². The summed E-state index contributed by atoms with van der Waals surface area (Å²) < 4.78 is 0. The summed E-state index contributed by atoms with van der Waals surface area (Å²) in [7, 11) is 0. The summed E-state index contributed by atoms with van der Waals surface area (Å²) in [5, 5.41) is 9.03. The molecule has 0 spiro atoms. The molecule has 2 heteroatoms. The topological polar surface area (TPSA) is 37.3 Å². The Kier molecular flexibility index (Phi) is 5.32. The fourth-order valence-corrected chi connectivity index (χ4v) is 5.30. The summed E-state index contributed by atoms with van der Waals surface area (Å²) in [6, 6.07) is 0. The lowest BCUT2D eigenvalue weighted by atomic mass is 9.47. The van der Waals surface area contributed by atoms with Crippen LogP contribution in [0.1, 0.15) is 65.7 Å². The number of carbonyl (C=O) groups excluding carboxylic acids is 1. The van der Waals surface area contributed by atoms with Crippen molar-refractivity contribution in [1.29, 1.82) is 0 Å². The van der Waals surface area contributed by atoms with Gasteiger partial charge in [0.25, 0.3) is 0 Å². The first-order valence-electron chi connectivity index (χ1n) is 8.78. The molecule has 2 aliphatic rings. The summed E-state index contributed by atoms with van der Waals surface area (Å²) in [4.78, 5) is 11.8. The van der Waals surface area contributed by atoms with Gasteiger partial charge in [-0.2, -0.15) is 0 Å². The van der Waals surface area contributed by atoms with Crippen LogP contribution in [-0.4, -0.2) is 18.0 Å². The fraction of sp³-hybridized carbons (Fsp3) is 0.750. The van der Waals surface area contributed by atoms with E-state index in [1.54, 1.807) is 0 Å². The number of hydrogen-bond acceptors (Lipinski definition) is 2. The first-order valence-corrected chi connectivity index (χ1v) is 8.78. The minimum atomic E-state index is -0.151. The van der Waals surface area contributed by atoms with Crippen LogP contribution >= 0.6 is 0 Å². The lowest BCUT2D eigenvalue weighted by Gasteiger charge is -2.57. The van der Waals surface area contributed by atoms with Gasteiger partial charge in [-0.15, -0.1) is 0 Å². The van der Waals surface area contributed by atoms with Crippen molar-refractivity contribution in [2.24, 2.45) is 22.7 Å². The van der Waals surface area contributed by atoms with Gasteiger partial charge in [-0.1, -0.05) is 44.1 Å². The lowest BCUT2D eigenvalue weighted by Crippen LogP contribution is -2.51. The highest BCUT2D eigenvalue weighted by molar-refractivity contribution is 5.60. The Bertz CT molecular complexity index is 464. The summed E-state index contributed by atoms with van der Waals surface area (Å²) in [6.45, 7) is 11.2. The Morgan fingerprint density at radius 1 is 1.41 bits per heavy atom. The van der Waals surface area contributed by atoms with Crippen LogP contribution in [0.5, 0.6) is 0 Å². The lowest BCUT2D eigenvalue weighted by molar-refractivity contribution is -0.130. The highest BCUT2D eigenvalue weighted by Crippen LogP contribution is 2.61. The molecule has 2 aliphatic carbocycles. The predicted molar refractivity (Wildman–Crippen MR) is 91.6 cm³/mol. The average molecular weight is 304 g/mol. The van der Waals surface area contributed by atoms with Gasteiger partial charge >= 0.3 is 0 Å². The molecule has 22 heavy (non-hydrogen) atoms. The molecule has 0 aromatic heterocycles. The number of carbonyl (C=O) groups is 1. The van der Waals surface area contributed by atoms with Crippen LogP contribution in [0.25, 0.3) is 0 Å².